The monoisotopic (exact) mass is 1230 g/mol. The number of aliphatic hydroxyl groups is 2. The van der Waals surface area contributed by atoms with Gasteiger partial charge in [0, 0.05) is 55.8 Å². The fourth-order valence-corrected chi connectivity index (χ4v) is 10.7. The number of rotatable bonds is 15. The third kappa shape index (κ3) is 21.7. The first-order valence-electron chi connectivity index (χ1n) is 30.7. The van der Waals surface area contributed by atoms with E-state index < -0.39 is 161 Å². The maximum absolute atomic E-state index is 15.2. The molecule has 1 aliphatic heterocycles. The van der Waals surface area contributed by atoms with Gasteiger partial charge in [0.05, 0.1) is 11.7 Å². The van der Waals surface area contributed by atoms with Crippen LogP contribution in [0.25, 0.3) is 0 Å². The minimum atomic E-state index is -1.67. The van der Waals surface area contributed by atoms with Crippen LogP contribution in [0.4, 0.5) is 0 Å². The summed E-state index contributed by atoms with van der Waals surface area (Å²) in [4.78, 5) is 169. The van der Waals surface area contributed by atoms with Crippen LogP contribution in [0.1, 0.15) is 156 Å². The molecule has 1 rings (SSSR count). The molecule has 0 aromatic rings. The summed E-state index contributed by atoms with van der Waals surface area (Å²) >= 11 is 0. The maximum atomic E-state index is 15.2. The molecule has 12 atom stereocenters. The van der Waals surface area contributed by atoms with E-state index in [4.69, 9.17) is 0 Å². The zero-order valence-electron chi connectivity index (χ0n) is 56.9. The van der Waals surface area contributed by atoms with Crippen molar-refractivity contribution in [3.8, 4) is 0 Å². The highest BCUT2D eigenvalue weighted by Crippen LogP contribution is 2.26. The van der Waals surface area contributed by atoms with Crippen molar-refractivity contribution in [2.75, 3.05) is 49.3 Å². The van der Waals surface area contributed by atoms with Crippen molar-refractivity contribution in [2.24, 2.45) is 35.5 Å². The Kier molecular flexibility index (Phi) is 31.0. The third-order valence-electron chi connectivity index (χ3n) is 16.2. The molecule has 496 valence electrons. The lowest BCUT2D eigenvalue weighted by atomic mass is 9.91. The largest absolute Gasteiger partial charge is 0.390 e. The molecule has 1 aliphatic rings. The lowest BCUT2D eigenvalue weighted by Crippen LogP contribution is -2.63. The number of nitrogens with one attached hydrogen (secondary N) is 4. The third-order valence-corrected chi connectivity index (χ3v) is 16.2. The Bertz CT molecular complexity index is 2460. The number of amides is 11. The maximum Gasteiger partial charge on any atom is 0.270 e. The first-order chi connectivity index (χ1) is 39.9. The smallest absolute Gasteiger partial charge is 0.270 e. The summed E-state index contributed by atoms with van der Waals surface area (Å²) in [5, 5.41) is 34.0. The van der Waals surface area contributed by atoms with E-state index in [9.17, 15) is 53.4 Å². The van der Waals surface area contributed by atoms with Crippen molar-refractivity contribution >= 4 is 65.0 Å². The number of hydrogen-bond acceptors (Lipinski definition) is 13. The summed E-state index contributed by atoms with van der Waals surface area (Å²) in [5.74, 6) is -10.8. The van der Waals surface area contributed by atoms with Crippen molar-refractivity contribution in [3.63, 3.8) is 0 Å². The summed E-state index contributed by atoms with van der Waals surface area (Å²) in [6, 6.07) is -13.2. The molecule has 0 saturated carbocycles. The van der Waals surface area contributed by atoms with Crippen LogP contribution in [-0.2, 0) is 52.7 Å². The Labute approximate surface area is 519 Å². The van der Waals surface area contributed by atoms with E-state index in [0.717, 1.165) is 14.7 Å². The molecule has 1 fully saturated rings. The summed E-state index contributed by atoms with van der Waals surface area (Å²) < 4.78 is 0. The molecule has 87 heavy (non-hydrogen) atoms. The van der Waals surface area contributed by atoms with E-state index in [1.54, 1.807) is 60.6 Å². The van der Waals surface area contributed by atoms with Crippen LogP contribution in [0.2, 0.25) is 0 Å². The van der Waals surface area contributed by atoms with Gasteiger partial charge in [-0.1, -0.05) is 102 Å². The van der Waals surface area contributed by atoms with Crippen LogP contribution in [0.3, 0.4) is 0 Å². The molecule has 0 spiro atoms. The molecular weight excluding hydrogens is 1120 g/mol. The van der Waals surface area contributed by atoms with Gasteiger partial charge in [-0.05, 0) is 102 Å². The van der Waals surface area contributed by atoms with E-state index in [1.165, 1.54) is 96.6 Å². The SMILES string of the molecule is C=C1C(=O)N(C)[C@@H](CC(C)(C)O)C(=O)N[C@H](C(C)C)C(=O)N(C)[C@H](CC(C)C)C(=O)N[C@H](C)C(=O)NC(C)C(=O)N(C)[C@H](CC(C)C)C(=O)N(C)[C@@H](CC(C)C)C(=O)N(C)[C@@H](C(C)C)C(=O)N(C)C([C@H](O)[C@H](C)C/C=C/C)C(=O)N[C@@H](CC)C(=O)N1C. The molecular formula is C63H111N11O13. The van der Waals surface area contributed by atoms with Crippen molar-refractivity contribution in [3.05, 3.63) is 24.4 Å². The number of nitrogens with zero attached hydrogens (tertiary/aromatic N) is 7. The van der Waals surface area contributed by atoms with Crippen LogP contribution in [0.5, 0.6) is 0 Å². The van der Waals surface area contributed by atoms with Gasteiger partial charge in [-0.25, -0.2) is 0 Å². The Balaban J connectivity index is 4.41. The zero-order chi connectivity index (χ0) is 67.8. The Hall–Kier alpha value is -6.43. The summed E-state index contributed by atoms with van der Waals surface area (Å²) in [7, 11) is 9.50. The van der Waals surface area contributed by atoms with E-state index >= 15 is 9.59 Å². The molecule has 0 aliphatic carbocycles. The Morgan fingerprint density at radius 3 is 1.40 bits per heavy atom. The lowest BCUT2D eigenvalue weighted by molar-refractivity contribution is -0.157. The van der Waals surface area contributed by atoms with Gasteiger partial charge in [0.1, 0.15) is 66.1 Å². The van der Waals surface area contributed by atoms with Crippen molar-refractivity contribution in [1.29, 1.82) is 0 Å². The first-order valence-corrected chi connectivity index (χ1v) is 30.7. The molecule has 11 amide bonds. The van der Waals surface area contributed by atoms with E-state index in [-0.39, 0.29) is 56.3 Å². The van der Waals surface area contributed by atoms with E-state index in [2.05, 4.69) is 27.8 Å². The van der Waals surface area contributed by atoms with E-state index in [0.29, 0.717) is 0 Å². The molecule has 24 nitrogen and oxygen atoms in total. The van der Waals surface area contributed by atoms with Crippen LogP contribution in [0, 0.1) is 35.5 Å². The fourth-order valence-electron chi connectivity index (χ4n) is 10.7. The van der Waals surface area contributed by atoms with Crippen LogP contribution >= 0.6 is 0 Å². The number of allylic oxidation sites excluding steroid dienone is 2. The van der Waals surface area contributed by atoms with Gasteiger partial charge in [-0.15, -0.1) is 0 Å². The van der Waals surface area contributed by atoms with Gasteiger partial charge in [-0.2, -0.15) is 0 Å². The number of hydrogen-bond donors (Lipinski definition) is 6. The van der Waals surface area contributed by atoms with Gasteiger partial charge < -0.3 is 65.8 Å². The van der Waals surface area contributed by atoms with Crippen molar-refractivity contribution < 1.29 is 63.0 Å². The van der Waals surface area contributed by atoms with Crippen LogP contribution in [0.15, 0.2) is 24.4 Å². The van der Waals surface area contributed by atoms with Crippen LogP contribution < -0.4 is 21.3 Å². The molecule has 1 heterocycles. The standard InChI is InChI=1S/C63H111N11O13/c1-26-28-29-39(13)51(75)50-55(79)66-43(27-2)58(82)68(19)42(16)57(81)72(23)47(33-63(17,18)87)54(78)67-48(37(9)10)61(85)69(20)44(30-34(3)4)53(77)64-40(14)52(76)65-41(15)56(80)70(21)45(31-35(5)6)59(83)71(22)46(32-36(7)8)60(84)73(24)49(38(11)12)62(86)74(50)25/h26,28,34-41,43-51,75,87H,16,27,29-33H2,1-15,17-25H3,(H,64,77)(H,65,76)(H,66,79)(H,67,78)/b28-26+/t39-,40-,41?,43+,44-,45-,46+,47+,48-,49+,50?,51-/m1/s1. The van der Waals surface area contributed by atoms with Crippen LogP contribution in [-0.4, -0.2) is 231 Å². The number of carbonyl (C=O) groups excluding carboxylic acids is 11. The molecule has 0 aromatic heterocycles. The average molecular weight is 1230 g/mol. The number of carbonyl (C=O) groups is 11. The summed E-state index contributed by atoms with van der Waals surface area (Å²) in [6.07, 6.45) is 2.23. The summed E-state index contributed by atoms with van der Waals surface area (Å²) in [6.45, 7) is 32.5. The fraction of sp³-hybridized carbons (Fsp3) is 0.762. The molecule has 0 aromatic carbocycles. The van der Waals surface area contributed by atoms with Gasteiger partial charge >= 0.3 is 0 Å². The van der Waals surface area contributed by atoms with E-state index in [1.807, 2.05) is 41.5 Å². The highest BCUT2D eigenvalue weighted by Gasteiger charge is 2.46. The number of likely N-dealkylation sites (N-methyl/N-ethyl adjacent to an activating group) is 7. The Morgan fingerprint density at radius 1 is 0.517 bits per heavy atom. The van der Waals surface area contributed by atoms with Gasteiger partial charge in [0.15, 0.2) is 0 Å². The highest BCUT2D eigenvalue weighted by molar-refractivity contribution is 6.02. The molecule has 0 bridgehead atoms. The highest BCUT2D eigenvalue weighted by atomic mass is 16.3. The second-order valence-electron chi connectivity index (χ2n) is 26.5. The average Bonchev–Trinajstić information content (AvgIpc) is 1.66. The zero-order valence-corrected chi connectivity index (χ0v) is 56.9. The molecule has 24 heteroatoms. The quantitative estimate of drug-likeness (QED) is 0.102. The lowest BCUT2D eigenvalue weighted by Gasteiger charge is -2.41. The second kappa shape index (κ2) is 34.4. The predicted octanol–water partition coefficient (Wildman–Crippen LogP) is 2.90. The van der Waals surface area contributed by atoms with Gasteiger partial charge in [-0.3, -0.25) is 52.7 Å². The summed E-state index contributed by atoms with van der Waals surface area (Å²) in [5.41, 5.74) is -2.04. The van der Waals surface area contributed by atoms with Crippen molar-refractivity contribution in [1.82, 2.24) is 55.6 Å². The topological polar surface area (TPSA) is 299 Å². The molecule has 1 saturated heterocycles. The predicted molar refractivity (Wildman–Crippen MR) is 334 cm³/mol. The second-order valence-corrected chi connectivity index (χ2v) is 26.5. The Morgan fingerprint density at radius 2 is 0.954 bits per heavy atom. The minimum Gasteiger partial charge on any atom is -0.390 e. The molecule has 0 radical (unpaired) electrons. The van der Waals surface area contributed by atoms with Gasteiger partial charge in [0.25, 0.3) is 5.91 Å². The minimum absolute atomic E-state index is 0.0618. The normalized spacial score (nSPS) is 26.7. The molecule has 6 N–H and O–H groups in total. The number of aliphatic hydroxyl groups excluding tert-OH is 1. The van der Waals surface area contributed by atoms with Gasteiger partial charge in [0.2, 0.25) is 59.1 Å². The first kappa shape index (κ1) is 78.6. The van der Waals surface area contributed by atoms with Crippen molar-refractivity contribution in [2.45, 2.75) is 228 Å². The molecule has 2 unspecified atom stereocenters.